The zero-order valence-corrected chi connectivity index (χ0v) is 42.7. The minimum Gasteiger partial charge on any atom is -0.464 e. The molecule has 71 heavy (non-hydrogen) atoms. The molecule has 1 aromatic carbocycles. The van der Waals surface area contributed by atoms with E-state index in [4.69, 9.17) is 19.4 Å². The number of aromatic nitrogens is 3. The molecule has 4 aliphatic heterocycles. The second-order valence-electron chi connectivity index (χ2n) is 20.4. The van der Waals surface area contributed by atoms with Crippen LogP contribution in [0.15, 0.2) is 41.9 Å². The lowest BCUT2D eigenvalue weighted by atomic mass is 9.84. The molecule has 0 saturated carbocycles. The summed E-state index contributed by atoms with van der Waals surface area (Å²) in [5, 5.41) is 7.08. The number of carbonyl (C=O) groups is 5. The number of amides is 4. The van der Waals surface area contributed by atoms with E-state index >= 15 is 8.78 Å². The van der Waals surface area contributed by atoms with Gasteiger partial charge in [0, 0.05) is 98.9 Å². The molecule has 19 heteroatoms. The van der Waals surface area contributed by atoms with E-state index in [2.05, 4.69) is 57.2 Å². The van der Waals surface area contributed by atoms with Crippen LogP contribution in [-0.2, 0) is 52.8 Å². The fourth-order valence-electron chi connectivity index (χ4n) is 10.1. The van der Waals surface area contributed by atoms with Crippen LogP contribution in [0.5, 0.6) is 0 Å². The Morgan fingerprint density at radius 2 is 1.89 bits per heavy atom. The quantitative estimate of drug-likeness (QED) is 0.149. The Balaban J connectivity index is 1.09. The number of thiazole rings is 1. The fraction of sp³-hybridized carbons (Fsp3) is 0.558. The lowest BCUT2D eigenvalue weighted by Gasteiger charge is -2.41. The number of cyclic esters (lactones) is 1. The third-order valence-corrected chi connectivity index (χ3v) is 15.2. The van der Waals surface area contributed by atoms with Gasteiger partial charge in [0.25, 0.3) is 18.2 Å². The van der Waals surface area contributed by atoms with Gasteiger partial charge in [-0.3, -0.25) is 38.9 Å². The first-order valence-corrected chi connectivity index (χ1v) is 25.4. The van der Waals surface area contributed by atoms with Crippen LogP contribution in [0.3, 0.4) is 0 Å². The highest BCUT2D eigenvalue weighted by atomic mass is 32.1. The van der Waals surface area contributed by atoms with E-state index in [9.17, 15) is 24.0 Å². The summed E-state index contributed by atoms with van der Waals surface area (Å²) in [6.07, 6.45) is 0.528. The largest absolute Gasteiger partial charge is 0.464 e. The number of alkyl halides is 2. The smallest absolute Gasteiger partial charge is 0.324 e. The number of likely N-dealkylation sites (tertiary alicyclic amines) is 2. The molecule has 3 aromatic heterocycles. The summed E-state index contributed by atoms with van der Waals surface area (Å²) >= 11 is 1.26. The molecule has 5 atom stereocenters. The Kier molecular flexibility index (Phi) is 15.3. The summed E-state index contributed by atoms with van der Waals surface area (Å²) < 4.78 is 44.3. The first-order chi connectivity index (χ1) is 33.8. The topological polar surface area (TPSA) is 172 Å². The summed E-state index contributed by atoms with van der Waals surface area (Å²) in [6.45, 7) is 14.8. The highest BCUT2D eigenvalue weighted by Gasteiger charge is 2.43. The van der Waals surface area contributed by atoms with Gasteiger partial charge in [0.15, 0.2) is 6.04 Å². The van der Waals surface area contributed by atoms with Gasteiger partial charge in [0.05, 0.1) is 46.3 Å². The summed E-state index contributed by atoms with van der Waals surface area (Å²) in [6, 6.07) is 5.50. The molecule has 8 rings (SSSR count). The van der Waals surface area contributed by atoms with Gasteiger partial charge in [0.2, 0.25) is 11.8 Å². The Hall–Kier alpha value is -5.81. The maximum atomic E-state index is 15.1. The van der Waals surface area contributed by atoms with Crippen LogP contribution in [0, 0.1) is 23.2 Å². The third kappa shape index (κ3) is 10.9. The van der Waals surface area contributed by atoms with Crippen LogP contribution in [0.25, 0.3) is 33.4 Å². The lowest BCUT2D eigenvalue weighted by Crippen LogP contribution is -2.62. The van der Waals surface area contributed by atoms with Crippen molar-refractivity contribution in [2.24, 2.45) is 11.3 Å². The summed E-state index contributed by atoms with van der Waals surface area (Å²) in [5.74, 6) is 1.25. The van der Waals surface area contributed by atoms with Crippen molar-refractivity contribution in [3.05, 3.63) is 58.2 Å². The average molecular weight is 998 g/mol. The number of ether oxygens (including phenoxy) is 2. The maximum absolute atomic E-state index is 15.1. The number of hydrazine groups is 1. The molecule has 4 aliphatic rings. The number of nitrogens with one attached hydrogen (secondary N) is 2. The molecular weight excluding hydrogens is 933 g/mol. The molecular formula is C52H65F2N9O7S. The van der Waals surface area contributed by atoms with Crippen LogP contribution in [-0.4, -0.2) is 147 Å². The first kappa shape index (κ1) is 51.5. The van der Waals surface area contributed by atoms with Crippen molar-refractivity contribution < 1.29 is 42.2 Å². The van der Waals surface area contributed by atoms with E-state index in [1.54, 1.807) is 13.3 Å². The second-order valence-corrected chi connectivity index (χ2v) is 21.3. The molecule has 4 aromatic rings. The first-order valence-electron chi connectivity index (χ1n) is 24.5. The highest BCUT2D eigenvalue weighted by molar-refractivity contribution is 7.10. The molecule has 3 fully saturated rings. The Morgan fingerprint density at radius 1 is 1.11 bits per heavy atom. The van der Waals surface area contributed by atoms with Gasteiger partial charge in [-0.1, -0.05) is 25.8 Å². The minimum atomic E-state index is -3.33. The fourth-order valence-corrected chi connectivity index (χ4v) is 10.9. The zero-order valence-electron chi connectivity index (χ0n) is 41.9. The van der Waals surface area contributed by atoms with E-state index in [1.165, 1.54) is 21.2 Å². The molecule has 0 spiro atoms. The van der Waals surface area contributed by atoms with Gasteiger partial charge in [-0.15, -0.1) is 11.3 Å². The number of hydrogen-bond donors (Lipinski definition) is 2. The second kappa shape index (κ2) is 21.1. The monoisotopic (exact) mass is 997 g/mol. The molecule has 6 bridgehead atoms. The molecule has 7 heterocycles. The predicted molar refractivity (Wildman–Crippen MR) is 265 cm³/mol. The van der Waals surface area contributed by atoms with E-state index in [1.807, 2.05) is 52.1 Å². The number of rotatable bonds is 10. The number of likely N-dealkylation sites (N-methyl/N-ethyl adjacent to an activating group) is 1. The molecule has 1 unspecified atom stereocenters. The number of aryl methyl sites for hydroxylation is 1. The summed E-state index contributed by atoms with van der Waals surface area (Å²) in [7, 11) is 2.79. The standard InChI is InChI=1S/C52H65F2N9O7S/c1-9-62-40-16-15-32-25-35(40)36(44(62)34-13-10-20-55-43(34)31(2)69-8)27-51(3,4)30-70-50(68)37-14-11-23-63(58-37)49(67)38(26-41-56-39(32)29-71-41)57-47(65)45(46(53)54)59(7)48(66)33-18-24-60(28-33)42(64)17-19-52(5,6)61-21-12-22-61/h10,13,15-16,20,25,29,31,33,37-38,45-46,58H,9,11-12,14,18,21-24,26-28,30H2,1-8H3,(H,57,65)/t31-,33-,37-,38-,45?/m0/s1. The molecule has 3 saturated heterocycles. The van der Waals surface area contributed by atoms with Gasteiger partial charge in [-0.25, -0.2) is 19.2 Å². The number of methoxy groups -OCH3 is 1. The number of benzene rings is 1. The van der Waals surface area contributed by atoms with Gasteiger partial charge < -0.3 is 29.2 Å². The van der Waals surface area contributed by atoms with Gasteiger partial charge in [-0.2, -0.15) is 0 Å². The van der Waals surface area contributed by atoms with Crippen molar-refractivity contribution in [3.8, 4) is 34.4 Å². The molecule has 16 nitrogen and oxygen atoms in total. The van der Waals surface area contributed by atoms with Gasteiger partial charge in [-0.05, 0) is 95.5 Å². The summed E-state index contributed by atoms with van der Waals surface area (Å²) in [4.78, 5) is 83.5. The zero-order chi connectivity index (χ0) is 50.9. The number of carbonyl (C=O) groups excluding carboxylic acids is 5. The number of fused-ring (bicyclic) bond motifs is 6. The number of esters is 1. The minimum absolute atomic E-state index is 0.0351. The maximum Gasteiger partial charge on any atom is 0.324 e. The predicted octanol–water partition coefficient (Wildman–Crippen LogP) is 5.63. The van der Waals surface area contributed by atoms with Crippen LogP contribution in [0.2, 0.25) is 0 Å². The molecule has 0 aliphatic carbocycles. The van der Waals surface area contributed by atoms with E-state index in [0.29, 0.717) is 41.4 Å². The Morgan fingerprint density at radius 3 is 2.59 bits per heavy atom. The third-order valence-electron chi connectivity index (χ3n) is 14.4. The van der Waals surface area contributed by atoms with E-state index < -0.39 is 71.0 Å². The number of hydrogen-bond acceptors (Lipinski definition) is 12. The van der Waals surface area contributed by atoms with Crippen molar-refractivity contribution in [1.82, 2.24) is 45.0 Å². The van der Waals surface area contributed by atoms with E-state index in [0.717, 1.165) is 65.5 Å². The average Bonchev–Trinajstić information content (AvgIpc) is 4.09. The van der Waals surface area contributed by atoms with Crippen molar-refractivity contribution in [3.63, 3.8) is 0 Å². The molecule has 4 amide bonds. The van der Waals surface area contributed by atoms with Crippen LogP contribution in [0.4, 0.5) is 8.78 Å². The molecule has 2 N–H and O–H groups in total. The van der Waals surface area contributed by atoms with Crippen molar-refractivity contribution in [2.75, 3.05) is 53.5 Å². The Bertz CT molecular complexity index is 2740. The highest BCUT2D eigenvalue weighted by Crippen LogP contribution is 2.42. The van der Waals surface area contributed by atoms with Gasteiger partial charge >= 0.3 is 5.97 Å². The number of nitrogens with zero attached hydrogens (tertiary/aromatic N) is 7. The van der Waals surface area contributed by atoms with Crippen molar-refractivity contribution in [1.29, 1.82) is 0 Å². The van der Waals surface area contributed by atoms with Crippen molar-refractivity contribution in [2.45, 2.75) is 123 Å². The van der Waals surface area contributed by atoms with E-state index in [-0.39, 0.29) is 45.2 Å². The lowest BCUT2D eigenvalue weighted by molar-refractivity contribution is -0.156. The van der Waals surface area contributed by atoms with Crippen LogP contribution >= 0.6 is 11.3 Å². The molecule has 380 valence electrons. The molecule has 0 radical (unpaired) electrons. The van der Waals surface area contributed by atoms with Gasteiger partial charge in [0.1, 0.15) is 12.1 Å². The normalized spacial score (nSPS) is 21.7. The number of pyridine rings is 1. The SMILES string of the molecule is CCn1c(-c2cccnc2[C@H](C)OC)c2c3cc(ccc31)-c1csc(n1)C[C@H](NC(=O)C(C(F)F)N(C)C(=O)[C@H]1CCN(C(=O)C#CC(C)(C)N3CCC3)C1)C(=O)N1CCC[C@H](N1)C(=O)OCC(C)(C)C2. The summed E-state index contributed by atoms with van der Waals surface area (Å²) in [5.41, 5.74) is 8.07. The van der Waals surface area contributed by atoms with Crippen molar-refractivity contribution >= 4 is 51.8 Å². The number of halogens is 2. The van der Waals surface area contributed by atoms with Crippen LogP contribution < -0.4 is 10.7 Å². The van der Waals surface area contributed by atoms with Crippen LogP contribution in [0.1, 0.15) is 89.6 Å². The Labute approximate surface area is 417 Å².